The van der Waals surface area contributed by atoms with Gasteiger partial charge in [-0.3, -0.25) is 4.79 Å². The Morgan fingerprint density at radius 2 is 1.80 bits per heavy atom. The van der Waals surface area contributed by atoms with Crippen LogP contribution in [-0.2, 0) is 11.2 Å². The highest BCUT2D eigenvalue weighted by Gasteiger charge is 2.22. The lowest BCUT2D eigenvalue weighted by Crippen LogP contribution is -2.42. The molecule has 4 rings (SSSR count). The predicted molar refractivity (Wildman–Crippen MR) is 132 cm³/mol. The van der Waals surface area contributed by atoms with Crippen LogP contribution in [0.15, 0.2) is 65.1 Å². The molecule has 7 nitrogen and oxygen atoms in total. The third-order valence-corrected chi connectivity index (χ3v) is 5.87. The Balaban J connectivity index is 1.54. The summed E-state index contributed by atoms with van der Waals surface area (Å²) in [7, 11) is 0. The van der Waals surface area contributed by atoms with Crippen molar-refractivity contribution >= 4 is 34.6 Å². The van der Waals surface area contributed by atoms with Crippen LogP contribution in [-0.4, -0.2) is 28.0 Å². The van der Waals surface area contributed by atoms with Gasteiger partial charge in [0, 0.05) is 28.1 Å². The van der Waals surface area contributed by atoms with E-state index in [0.29, 0.717) is 38.7 Å². The van der Waals surface area contributed by atoms with Crippen molar-refractivity contribution in [2.24, 2.45) is 0 Å². The quantitative estimate of drug-likeness (QED) is 0.352. The maximum atomic E-state index is 12.7. The van der Waals surface area contributed by atoms with Crippen molar-refractivity contribution in [1.29, 1.82) is 5.26 Å². The summed E-state index contributed by atoms with van der Waals surface area (Å²) < 4.78 is 6.01. The number of carbonyl (C=O) groups is 2. The Morgan fingerprint density at radius 1 is 1.11 bits per heavy atom. The second-order valence-electron chi connectivity index (χ2n) is 8.47. The summed E-state index contributed by atoms with van der Waals surface area (Å²) in [6.45, 7) is 4.03. The van der Waals surface area contributed by atoms with E-state index in [1.165, 1.54) is 0 Å². The van der Waals surface area contributed by atoms with Gasteiger partial charge in [-0.05, 0) is 60.0 Å². The topological polar surface area (TPSA) is 116 Å². The molecule has 0 radical (unpaired) electrons. The van der Waals surface area contributed by atoms with Gasteiger partial charge in [0.05, 0.1) is 11.6 Å². The van der Waals surface area contributed by atoms with Gasteiger partial charge in [0.15, 0.2) is 5.58 Å². The number of carbonyl (C=O) groups excluding carboxylic acids is 1. The van der Waals surface area contributed by atoms with Gasteiger partial charge in [-0.2, -0.15) is 5.26 Å². The van der Waals surface area contributed by atoms with Crippen molar-refractivity contribution in [2.75, 3.05) is 0 Å². The van der Waals surface area contributed by atoms with E-state index in [4.69, 9.17) is 16.0 Å². The van der Waals surface area contributed by atoms with Crippen molar-refractivity contribution in [1.82, 2.24) is 10.3 Å². The number of hydrogen-bond donors (Lipinski definition) is 2. The van der Waals surface area contributed by atoms with E-state index in [0.717, 1.165) is 11.1 Å². The van der Waals surface area contributed by atoms with Crippen LogP contribution in [0, 0.1) is 11.3 Å². The zero-order valence-electron chi connectivity index (χ0n) is 19.1. The third-order valence-electron chi connectivity index (χ3n) is 5.62. The number of amides is 1. The summed E-state index contributed by atoms with van der Waals surface area (Å²) in [5, 5.41) is 22.0. The number of carboxylic acid groups (broad SMARTS) is 1. The Hall–Kier alpha value is -4.15. The predicted octanol–water partition coefficient (Wildman–Crippen LogP) is 5.57. The largest absolute Gasteiger partial charge is 0.480 e. The van der Waals surface area contributed by atoms with Crippen LogP contribution >= 0.6 is 11.6 Å². The molecule has 0 bridgehead atoms. The van der Waals surface area contributed by atoms with Gasteiger partial charge in [-0.15, -0.1) is 0 Å². The molecule has 0 saturated carbocycles. The first-order chi connectivity index (χ1) is 16.7. The Bertz CT molecular complexity index is 1430. The number of halogens is 1. The lowest BCUT2D eigenvalue weighted by Gasteiger charge is -2.15. The smallest absolute Gasteiger partial charge is 0.326 e. The number of rotatable bonds is 7. The van der Waals surface area contributed by atoms with Gasteiger partial charge in [0.1, 0.15) is 11.6 Å². The fourth-order valence-electron chi connectivity index (χ4n) is 3.74. The number of oxazole rings is 1. The molecule has 1 aromatic heterocycles. The van der Waals surface area contributed by atoms with E-state index < -0.39 is 17.9 Å². The number of hydrogen-bond acceptors (Lipinski definition) is 5. The maximum Gasteiger partial charge on any atom is 0.326 e. The minimum absolute atomic E-state index is 0.127. The Morgan fingerprint density at radius 3 is 2.40 bits per heavy atom. The summed E-state index contributed by atoms with van der Waals surface area (Å²) in [6.07, 6.45) is 0.127. The molecule has 8 heteroatoms. The monoisotopic (exact) mass is 487 g/mol. The second-order valence-corrected chi connectivity index (χ2v) is 8.91. The Kier molecular flexibility index (Phi) is 6.85. The summed E-state index contributed by atoms with van der Waals surface area (Å²) in [6, 6.07) is 17.9. The van der Waals surface area contributed by atoms with Crippen LogP contribution in [0.25, 0.3) is 22.6 Å². The molecular formula is C27H22ClN3O4. The van der Waals surface area contributed by atoms with Crippen LogP contribution in [0.3, 0.4) is 0 Å². The molecule has 1 atom stereocenters. The highest BCUT2D eigenvalue weighted by atomic mass is 35.5. The average molecular weight is 488 g/mol. The Labute approximate surface area is 207 Å². The fraction of sp³-hybridized carbons (Fsp3) is 0.185. The number of carboxylic acids is 1. The van der Waals surface area contributed by atoms with Crippen molar-refractivity contribution in [3.8, 4) is 17.5 Å². The van der Waals surface area contributed by atoms with E-state index in [1.54, 1.807) is 60.7 Å². The lowest BCUT2D eigenvalue weighted by atomic mass is 10.00. The van der Waals surface area contributed by atoms with Crippen LogP contribution in [0.5, 0.6) is 0 Å². The van der Waals surface area contributed by atoms with Gasteiger partial charge >= 0.3 is 5.97 Å². The SMILES string of the molecule is CC(C)c1cc(C#N)cc2nc(-c3ccc(C(=O)N[C@@H](Cc4ccc(Cl)cc4)C(=O)O)cc3)oc12. The van der Waals surface area contributed by atoms with Gasteiger partial charge < -0.3 is 14.8 Å². The van der Waals surface area contributed by atoms with Gasteiger partial charge in [0.2, 0.25) is 5.89 Å². The molecule has 0 unspecified atom stereocenters. The molecule has 0 spiro atoms. The van der Waals surface area contributed by atoms with Crippen LogP contribution in [0.1, 0.15) is 46.8 Å². The molecule has 176 valence electrons. The maximum absolute atomic E-state index is 12.7. The van der Waals surface area contributed by atoms with E-state index in [-0.39, 0.29) is 12.3 Å². The lowest BCUT2D eigenvalue weighted by molar-refractivity contribution is -0.139. The molecule has 1 heterocycles. The molecule has 0 fully saturated rings. The molecule has 2 N–H and O–H groups in total. The van der Waals surface area contributed by atoms with Gasteiger partial charge in [0.25, 0.3) is 5.91 Å². The molecule has 0 aliphatic carbocycles. The van der Waals surface area contributed by atoms with Crippen LogP contribution in [0.2, 0.25) is 5.02 Å². The van der Waals surface area contributed by atoms with Crippen molar-refractivity contribution in [2.45, 2.75) is 32.2 Å². The minimum Gasteiger partial charge on any atom is -0.480 e. The van der Waals surface area contributed by atoms with Gasteiger partial charge in [-0.25, -0.2) is 9.78 Å². The second kappa shape index (κ2) is 10.00. The average Bonchev–Trinajstić information content (AvgIpc) is 3.28. The number of nitrogens with one attached hydrogen (secondary N) is 1. The van der Waals surface area contributed by atoms with E-state index >= 15 is 0 Å². The third kappa shape index (κ3) is 5.34. The summed E-state index contributed by atoms with van der Waals surface area (Å²) in [5.41, 5.74) is 4.34. The number of aliphatic carboxylic acids is 1. The first kappa shape index (κ1) is 24.0. The van der Waals surface area contributed by atoms with E-state index in [2.05, 4.69) is 16.4 Å². The summed E-state index contributed by atoms with van der Waals surface area (Å²) >= 11 is 5.88. The number of fused-ring (bicyclic) bond motifs is 1. The molecular weight excluding hydrogens is 466 g/mol. The van der Waals surface area contributed by atoms with E-state index in [9.17, 15) is 20.0 Å². The van der Waals surface area contributed by atoms with Crippen molar-refractivity contribution in [3.05, 3.63) is 87.9 Å². The standard InChI is InChI=1S/C27H22ClN3O4/c1-15(2)21-11-17(14-29)13-22-24(21)35-26(31-22)19-7-5-18(6-8-19)25(32)30-23(27(33)34)12-16-3-9-20(28)10-4-16/h3-11,13,15,23H,12H2,1-2H3,(H,30,32)(H,33,34)/t23-/m0/s1. The van der Waals surface area contributed by atoms with Crippen molar-refractivity contribution in [3.63, 3.8) is 0 Å². The van der Waals surface area contributed by atoms with Crippen LogP contribution < -0.4 is 5.32 Å². The number of aromatic nitrogens is 1. The normalized spacial score (nSPS) is 11.9. The molecule has 3 aromatic carbocycles. The zero-order chi connectivity index (χ0) is 25.1. The molecule has 0 aliphatic heterocycles. The molecule has 1 amide bonds. The minimum atomic E-state index is -1.13. The molecule has 0 saturated heterocycles. The van der Waals surface area contributed by atoms with E-state index in [1.807, 2.05) is 13.8 Å². The highest BCUT2D eigenvalue weighted by molar-refractivity contribution is 6.30. The molecule has 4 aromatic rings. The molecule has 0 aliphatic rings. The highest BCUT2D eigenvalue weighted by Crippen LogP contribution is 2.31. The zero-order valence-corrected chi connectivity index (χ0v) is 19.8. The number of nitrogens with zero attached hydrogens (tertiary/aromatic N) is 2. The first-order valence-corrected chi connectivity index (χ1v) is 11.4. The number of benzene rings is 3. The van der Waals surface area contributed by atoms with Gasteiger partial charge in [-0.1, -0.05) is 37.6 Å². The van der Waals surface area contributed by atoms with Crippen LogP contribution in [0.4, 0.5) is 0 Å². The molecule has 35 heavy (non-hydrogen) atoms. The first-order valence-electron chi connectivity index (χ1n) is 11.0. The van der Waals surface area contributed by atoms with Crippen molar-refractivity contribution < 1.29 is 19.1 Å². The summed E-state index contributed by atoms with van der Waals surface area (Å²) in [4.78, 5) is 28.9. The summed E-state index contributed by atoms with van der Waals surface area (Å²) in [5.74, 6) is -1.12. The number of nitriles is 1. The fourth-order valence-corrected chi connectivity index (χ4v) is 3.86.